The molecule has 0 saturated carbocycles. The lowest BCUT2D eigenvalue weighted by molar-refractivity contribution is 0.382. The van der Waals surface area contributed by atoms with Gasteiger partial charge in [0.1, 0.15) is 0 Å². The normalized spacial score (nSPS) is 27.4. The van der Waals surface area contributed by atoms with E-state index in [0.29, 0.717) is 27.7 Å². The predicted octanol–water partition coefficient (Wildman–Crippen LogP) is 2.83. The van der Waals surface area contributed by atoms with Crippen LogP contribution >= 0.6 is 23.5 Å². The summed E-state index contributed by atoms with van der Waals surface area (Å²) in [5, 5.41) is 1.62. The molecular weight excluding hydrogens is 307 g/mol. The van der Waals surface area contributed by atoms with E-state index in [1.165, 1.54) is 7.11 Å². The fourth-order valence-electron chi connectivity index (χ4n) is 2.42. The number of hydrazine groups is 1. The van der Waals surface area contributed by atoms with Crippen LogP contribution in [0.1, 0.15) is 19.4 Å². The van der Waals surface area contributed by atoms with E-state index in [1.807, 2.05) is 29.6 Å². The fraction of sp³-hybridized carbons (Fsp3) is 0.600. The summed E-state index contributed by atoms with van der Waals surface area (Å²) in [5.41, 5.74) is 3.53. The van der Waals surface area contributed by atoms with Gasteiger partial charge >= 0.3 is 0 Å². The van der Waals surface area contributed by atoms with Gasteiger partial charge in [-0.1, -0.05) is 26.0 Å². The van der Waals surface area contributed by atoms with Crippen molar-refractivity contribution in [1.29, 1.82) is 0 Å². The topological polar surface area (TPSA) is 47.3 Å². The van der Waals surface area contributed by atoms with Crippen LogP contribution in [0.15, 0.2) is 18.2 Å². The van der Waals surface area contributed by atoms with E-state index in [9.17, 15) is 4.39 Å². The highest BCUT2D eigenvalue weighted by Crippen LogP contribution is 2.37. The summed E-state index contributed by atoms with van der Waals surface area (Å²) in [5.74, 6) is 6.77. The Hall–Kier alpha value is -0.430. The molecule has 0 bridgehead atoms. The molecule has 0 aromatic heterocycles. The number of methoxy groups -OCH3 is 1. The molecule has 1 aliphatic rings. The molecule has 21 heavy (non-hydrogen) atoms. The molecule has 1 aliphatic heterocycles. The Morgan fingerprint density at radius 3 is 2.81 bits per heavy atom. The Morgan fingerprint density at radius 1 is 1.43 bits per heavy atom. The van der Waals surface area contributed by atoms with Crippen LogP contribution in [0.25, 0.3) is 0 Å². The highest BCUT2D eigenvalue weighted by atomic mass is 32.2. The van der Waals surface area contributed by atoms with Crippen molar-refractivity contribution in [2.45, 2.75) is 42.1 Å². The van der Waals surface area contributed by atoms with Crippen LogP contribution in [0.3, 0.4) is 0 Å². The predicted molar refractivity (Wildman–Crippen MR) is 90.5 cm³/mol. The number of hydrogen-bond acceptors (Lipinski definition) is 5. The first-order chi connectivity index (χ1) is 10.1. The van der Waals surface area contributed by atoms with Crippen molar-refractivity contribution in [3.63, 3.8) is 0 Å². The number of benzene rings is 1. The standard InChI is InChI=1S/C15H23FN2OS2/c1-9-10(2)21-14(8-20-9)12(18-17)7-11-5-4-6-13(19-3)15(11)16/h4-6,9-10,12,14,18H,7-8,17H2,1-3H3. The van der Waals surface area contributed by atoms with Crippen LogP contribution < -0.4 is 16.0 Å². The van der Waals surface area contributed by atoms with Crippen molar-refractivity contribution in [2.75, 3.05) is 12.9 Å². The first-order valence-electron chi connectivity index (χ1n) is 7.11. The Labute approximate surface area is 134 Å². The largest absolute Gasteiger partial charge is 0.494 e. The van der Waals surface area contributed by atoms with E-state index in [0.717, 1.165) is 5.75 Å². The van der Waals surface area contributed by atoms with Gasteiger partial charge in [0.25, 0.3) is 0 Å². The SMILES string of the molecule is COc1cccc(CC(NN)C2CSC(C)C(C)S2)c1F. The molecule has 4 atom stereocenters. The van der Waals surface area contributed by atoms with Gasteiger partial charge in [-0.2, -0.15) is 23.5 Å². The quantitative estimate of drug-likeness (QED) is 0.642. The van der Waals surface area contributed by atoms with Gasteiger partial charge in [0, 0.05) is 27.5 Å². The first kappa shape index (κ1) is 16.9. The van der Waals surface area contributed by atoms with Crippen molar-refractivity contribution >= 4 is 23.5 Å². The molecule has 1 fully saturated rings. The van der Waals surface area contributed by atoms with E-state index in [1.54, 1.807) is 12.1 Å². The zero-order valence-electron chi connectivity index (χ0n) is 12.6. The molecular formula is C15H23FN2OS2. The lowest BCUT2D eigenvalue weighted by atomic mass is 10.0. The highest BCUT2D eigenvalue weighted by molar-refractivity contribution is 8.07. The second-order valence-electron chi connectivity index (χ2n) is 5.33. The number of nitrogens with one attached hydrogen (secondary N) is 1. The number of ether oxygens (including phenoxy) is 1. The molecule has 0 spiro atoms. The number of halogens is 1. The fourth-order valence-corrected chi connectivity index (χ4v) is 5.54. The van der Waals surface area contributed by atoms with Crippen LogP contribution in [0.5, 0.6) is 5.75 Å². The van der Waals surface area contributed by atoms with Gasteiger partial charge in [0.05, 0.1) is 7.11 Å². The average Bonchev–Trinajstić information content (AvgIpc) is 2.49. The maximum absolute atomic E-state index is 14.3. The maximum atomic E-state index is 14.3. The van der Waals surface area contributed by atoms with Crippen LogP contribution in [0, 0.1) is 5.82 Å². The smallest absolute Gasteiger partial charge is 0.168 e. The summed E-state index contributed by atoms with van der Waals surface area (Å²) in [7, 11) is 1.48. The first-order valence-corrected chi connectivity index (χ1v) is 9.10. The Morgan fingerprint density at radius 2 is 2.19 bits per heavy atom. The van der Waals surface area contributed by atoms with Crippen molar-refractivity contribution in [3.8, 4) is 5.75 Å². The van der Waals surface area contributed by atoms with Crippen LogP contribution in [0.4, 0.5) is 4.39 Å². The van der Waals surface area contributed by atoms with E-state index >= 15 is 0 Å². The van der Waals surface area contributed by atoms with Crippen molar-refractivity contribution < 1.29 is 9.13 Å². The minimum absolute atomic E-state index is 0.0547. The molecule has 6 heteroatoms. The summed E-state index contributed by atoms with van der Waals surface area (Å²) < 4.78 is 19.3. The third kappa shape index (κ3) is 4.06. The molecule has 1 aromatic carbocycles. The summed E-state index contributed by atoms with van der Waals surface area (Å²) in [6, 6.07) is 5.31. The second-order valence-corrected chi connectivity index (χ2v) is 8.36. The van der Waals surface area contributed by atoms with Gasteiger partial charge < -0.3 is 4.74 Å². The van der Waals surface area contributed by atoms with E-state index in [-0.39, 0.29) is 17.6 Å². The molecule has 0 amide bonds. The summed E-state index contributed by atoms with van der Waals surface area (Å²) in [4.78, 5) is 0. The summed E-state index contributed by atoms with van der Waals surface area (Å²) in [6.45, 7) is 4.50. The molecule has 1 heterocycles. The number of hydrogen-bond donors (Lipinski definition) is 2. The second kappa shape index (κ2) is 7.72. The minimum Gasteiger partial charge on any atom is -0.494 e. The van der Waals surface area contributed by atoms with Gasteiger partial charge in [0.15, 0.2) is 11.6 Å². The molecule has 4 unspecified atom stereocenters. The van der Waals surface area contributed by atoms with Gasteiger partial charge in [-0.15, -0.1) is 0 Å². The third-order valence-electron chi connectivity index (χ3n) is 3.94. The van der Waals surface area contributed by atoms with Gasteiger partial charge in [-0.3, -0.25) is 11.3 Å². The van der Waals surface area contributed by atoms with E-state index < -0.39 is 0 Å². The molecule has 3 N–H and O–H groups in total. The molecule has 2 rings (SSSR count). The molecule has 118 valence electrons. The van der Waals surface area contributed by atoms with Gasteiger partial charge in [0.2, 0.25) is 0 Å². The zero-order valence-corrected chi connectivity index (χ0v) is 14.3. The molecule has 0 aliphatic carbocycles. The highest BCUT2D eigenvalue weighted by Gasteiger charge is 2.31. The monoisotopic (exact) mass is 330 g/mol. The molecule has 0 radical (unpaired) electrons. The van der Waals surface area contributed by atoms with Crippen LogP contribution in [-0.2, 0) is 6.42 Å². The third-order valence-corrected chi connectivity index (χ3v) is 7.49. The Balaban J connectivity index is 2.09. The number of nitrogens with two attached hydrogens (primary N) is 1. The maximum Gasteiger partial charge on any atom is 0.168 e. The van der Waals surface area contributed by atoms with Crippen molar-refractivity contribution in [3.05, 3.63) is 29.6 Å². The lowest BCUT2D eigenvalue weighted by Gasteiger charge is -2.35. The van der Waals surface area contributed by atoms with Crippen molar-refractivity contribution in [2.24, 2.45) is 5.84 Å². The van der Waals surface area contributed by atoms with E-state index in [2.05, 4.69) is 19.3 Å². The zero-order chi connectivity index (χ0) is 15.4. The molecule has 1 aromatic rings. The lowest BCUT2D eigenvalue weighted by Crippen LogP contribution is -2.47. The average molecular weight is 330 g/mol. The molecule has 1 saturated heterocycles. The van der Waals surface area contributed by atoms with Crippen LogP contribution in [-0.4, -0.2) is 34.7 Å². The summed E-state index contributed by atoms with van der Waals surface area (Å²) in [6.07, 6.45) is 0.568. The Kier molecular flexibility index (Phi) is 6.22. The summed E-state index contributed by atoms with van der Waals surface area (Å²) >= 11 is 3.91. The number of rotatable bonds is 5. The molecule has 3 nitrogen and oxygen atoms in total. The van der Waals surface area contributed by atoms with E-state index in [4.69, 9.17) is 10.6 Å². The van der Waals surface area contributed by atoms with Gasteiger partial charge in [-0.25, -0.2) is 4.39 Å². The van der Waals surface area contributed by atoms with Crippen LogP contribution in [0.2, 0.25) is 0 Å². The minimum atomic E-state index is -0.282. The number of thioether (sulfide) groups is 2. The van der Waals surface area contributed by atoms with Crippen molar-refractivity contribution in [1.82, 2.24) is 5.43 Å². The Bertz CT molecular complexity index is 475. The van der Waals surface area contributed by atoms with Gasteiger partial charge in [-0.05, 0) is 18.1 Å².